The molecule has 0 radical (unpaired) electrons. The number of esters is 1. The molecule has 2 rings (SSSR count). The number of pyridine rings is 1. The Morgan fingerprint density at radius 2 is 1.95 bits per heavy atom. The number of nitrogen functional groups attached to an aromatic ring is 1. The second-order valence-corrected chi connectivity index (χ2v) is 4.67. The minimum atomic E-state index is -0.501. The van der Waals surface area contributed by atoms with E-state index in [0.29, 0.717) is 11.5 Å². The van der Waals surface area contributed by atoms with E-state index < -0.39 is 5.97 Å². The molecule has 0 aliphatic heterocycles. The van der Waals surface area contributed by atoms with E-state index in [2.05, 4.69) is 31.0 Å². The highest BCUT2D eigenvalue weighted by molar-refractivity contribution is 9.10. The lowest BCUT2D eigenvalue weighted by atomic mass is 10.3. The summed E-state index contributed by atoms with van der Waals surface area (Å²) >= 11 is 3.36. The molecule has 19 heavy (non-hydrogen) atoms. The van der Waals surface area contributed by atoms with Crippen LogP contribution >= 0.6 is 15.9 Å². The Hall–Kier alpha value is -2.08. The molecule has 0 spiro atoms. The first-order valence-corrected chi connectivity index (χ1v) is 6.27. The van der Waals surface area contributed by atoms with E-state index in [1.165, 1.54) is 13.2 Å². The topological polar surface area (TPSA) is 77.2 Å². The summed E-state index contributed by atoms with van der Waals surface area (Å²) in [5.41, 5.74) is 7.31. The van der Waals surface area contributed by atoms with Crippen LogP contribution in [0.1, 0.15) is 10.5 Å². The van der Waals surface area contributed by atoms with Gasteiger partial charge in [0.2, 0.25) is 0 Å². The molecule has 6 heteroatoms. The quantitative estimate of drug-likeness (QED) is 0.850. The molecule has 98 valence electrons. The number of hydrogen-bond donors (Lipinski definition) is 2. The van der Waals surface area contributed by atoms with Crippen LogP contribution in [0.2, 0.25) is 0 Å². The van der Waals surface area contributed by atoms with Crippen molar-refractivity contribution in [1.82, 2.24) is 4.98 Å². The summed E-state index contributed by atoms with van der Waals surface area (Å²) in [6.07, 6.45) is 0. The van der Waals surface area contributed by atoms with E-state index in [1.54, 1.807) is 6.07 Å². The number of halogens is 1. The van der Waals surface area contributed by atoms with Gasteiger partial charge in [0.25, 0.3) is 0 Å². The highest BCUT2D eigenvalue weighted by Gasteiger charge is 2.10. The summed E-state index contributed by atoms with van der Waals surface area (Å²) in [6, 6.07) is 10.7. The van der Waals surface area contributed by atoms with Crippen molar-refractivity contribution < 1.29 is 9.53 Å². The van der Waals surface area contributed by atoms with Gasteiger partial charge in [0.15, 0.2) is 11.5 Å². The Morgan fingerprint density at radius 1 is 1.26 bits per heavy atom. The number of ether oxygens (including phenoxy) is 1. The summed E-state index contributed by atoms with van der Waals surface area (Å²) in [5, 5.41) is 3.05. The Labute approximate surface area is 118 Å². The number of rotatable bonds is 3. The fraction of sp³-hybridized carbons (Fsp3) is 0.0769. The first kappa shape index (κ1) is 13.4. The lowest BCUT2D eigenvalue weighted by Crippen LogP contribution is -2.07. The van der Waals surface area contributed by atoms with Crippen LogP contribution in [0.25, 0.3) is 0 Å². The van der Waals surface area contributed by atoms with Crippen LogP contribution in [-0.4, -0.2) is 18.1 Å². The van der Waals surface area contributed by atoms with Gasteiger partial charge in [-0.2, -0.15) is 0 Å². The predicted molar refractivity (Wildman–Crippen MR) is 77.4 cm³/mol. The lowest BCUT2D eigenvalue weighted by Gasteiger charge is -2.09. The number of nitrogens with two attached hydrogens (primary N) is 1. The number of carbonyl (C=O) groups is 1. The van der Waals surface area contributed by atoms with Crippen LogP contribution in [0.5, 0.6) is 0 Å². The largest absolute Gasteiger partial charge is 0.464 e. The third-order valence-electron chi connectivity index (χ3n) is 2.43. The Balaban J connectivity index is 2.28. The van der Waals surface area contributed by atoms with Crippen LogP contribution < -0.4 is 11.1 Å². The van der Waals surface area contributed by atoms with Crippen molar-refractivity contribution >= 4 is 39.1 Å². The van der Waals surface area contributed by atoms with Crippen LogP contribution in [0.3, 0.4) is 0 Å². The van der Waals surface area contributed by atoms with E-state index >= 15 is 0 Å². The fourth-order valence-electron chi connectivity index (χ4n) is 1.46. The highest BCUT2D eigenvalue weighted by atomic mass is 79.9. The maximum absolute atomic E-state index is 11.4. The molecule has 0 aliphatic carbocycles. The number of nitrogens with zero attached hydrogens (tertiary/aromatic N) is 1. The SMILES string of the molecule is COC(=O)c1ccc(N)c(Nc2ccc(Br)cc2)n1. The molecule has 3 N–H and O–H groups in total. The molecule has 0 saturated heterocycles. The van der Waals surface area contributed by atoms with Crippen molar-refractivity contribution in [1.29, 1.82) is 0 Å². The molecule has 1 aromatic carbocycles. The molecule has 0 bridgehead atoms. The highest BCUT2D eigenvalue weighted by Crippen LogP contribution is 2.22. The summed E-state index contributed by atoms with van der Waals surface area (Å²) in [5.74, 6) is -0.0796. The third-order valence-corrected chi connectivity index (χ3v) is 2.96. The van der Waals surface area contributed by atoms with E-state index in [1.807, 2.05) is 24.3 Å². The number of hydrogen-bond acceptors (Lipinski definition) is 5. The molecule has 0 fully saturated rings. The zero-order chi connectivity index (χ0) is 13.8. The Morgan fingerprint density at radius 3 is 2.58 bits per heavy atom. The molecule has 5 nitrogen and oxygen atoms in total. The summed E-state index contributed by atoms with van der Waals surface area (Å²) in [7, 11) is 1.31. The number of benzene rings is 1. The minimum Gasteiger partial charge on any atom is -0.464 e. The van der Waals surface area contributed by atoms with Gasteiger partial charge in [-0.3, -0.25) is 0 Å². The summed E-state index contributed by atoms with van der Waals surface area (Å²) in [6.45, 7) is 0. The fourth-order valence-corrected chi connectivity index (χ4v) is 1.72. The maximum Gasteiger partial charge on any atom is 0.356 e. The molecule has 0 saturated carbocycles. The molecule has 1 aromatic heterocycles. The van der Waals surface area contributed by atoms with E-state index in [4.69, 9.17) is 5.73 Å². The minimum absolute atomic E-state index is 0.205. The molecule has 0 atom stereocenters. The Kier molecular flexibility index (Phi) is 4.01. The van der Waals surface area contributed by atoms with Crippen LogP contribution in [0.4, 0.5) is 17.2 Å². The molecule has 0 aliphatic rings. The first-order chi connectivity index (χ1) is 9.10. The van der Waals surface area contributed by atoms with Crippen molar-refractivity contribution in [2.45, 2.75) is 0 Å². The van der Waals surface area contributed by atoms with Crippen LogP contribution in [0, 0.1) is 0 Å². The van der Waals surface area contributed by atoms with Crippen molar-refractivity contribution in [3.05, 3.63) is 46.6 Å². The zero-order valence-corrected chi connectivity index (χ0v) is 11.8. The molecule has 0 unspecified atom stereocenters. The Bertz CT molecular complexity index is 599. The molecular formula is C13H12BrN3O2. The number of methoxy groups -OCH3 is 1. The smallest absolute Gasteiger partial charge is 0.356 e. The number of nitrogens with one attached hydrogen (secondary N) is 1. The monoisotopic (exact) mass is 321 g/mol. The van der Waals surface area contributed by atoms with Gasteiger partial charge in [0.1, 0.15) is 0 Å². The molecule has 1 heterocycles. The van der Waals surface area contributed by atoms with Gasteiger partial charge in [-0.15, -0.1) is 0 Å². The average Bonchev–Trinajstić information content (AvgIpc) is 2.43. The molecule has 0 amide bonds. The number of carbonyl (C=O) groups excluding carboxylic acids is 1. The second kappa shape index (κ2) is 5.71. The van der Waals surface area contributed by atoms with Crippen LogP contribution in [0.15, 0.2) is 40.9 Å². The zero-order valence-electron chi connectivity index (χ0n) is 10.2. The normalized spacial score (nSPS) is 10.0. The second-order valence-electron chi connectivity index (χ2n) is 3.76. The van der Waals surface area contributed by atoms with Gasteiger partial charge in [-0.1, -0.05) is 15.9 Å². The third kappa shape index (κ3) is 3.23. The number of aromatic nitrogens is 1. The first-order valence-electron chi connectivity index (χ1n) is 5.47. The van der Waals surface area contributed by atoms with E-state index in [9.17, 15) is 4.79 Å². The van der Waals surface area contributed by atoms with Gasteiger partial charge in [-0.25, -0.2) is 9.78 Å². The molecular weight excluding hydrogens is 310 g/mol. The van der Waals surface area contributed by atoms with Gasteiger partial charge in [0.05, 0.1) is 12.8 Å². The summed E-state index contributed by atoms with van der Waals surface area (Å²) in [4.78, 5) is 15.6. The van der Waals surface area contributed by atoms with Crippen LogP contribution in [-0.2, 0) is 4.74 Å². The van der Waals surface area contributed by atoms with Crippen molar-refractivity contribution in [2.24, 2.45) is 0 Å². The predicted octanol–water partition coefficient (Wildman–Crippen LogP) is 2.96. The maximum atomic E-state index is 11.4. The average molecular weight is 322 g/mol. The van der Waals surface area contributed by atoms with Crippen molar-refractivity contribution in [2.75, 3.05) is 18.2 Å². The van der Waals surface area contributed by atoms with Gasteiger partial charge in [-0.05, 0) is 36.4 Å². The number of anilines is 3. The lowest BCUT2D eigenvalue weighted by molar-refractivity contribution is 0.0594. The van der Waals surface area contributed by atoms with Gasteiger partial charge in [0, 0.05) is 10.2 Å². The van der Waals surface area contributed by atoms with Crippen molar-refractivity contribution in [3.63, 3.8) is 0 Å². The van der Waals surface area contributed by atoms with E-state index in [0.717, 1.165) is 10.2 Å². The van der Waals surface area contributed by atoms with Crippen molar-refractivity contribution in [3.8, 4) is 0 Å². The molecule has 2 aromatic rings. The van der Waals surface area contributed by atoms with Gasteiger partial charge >= 0.3 is 5.97 Å². The van der Waals surface area contributed by atoms with E-state index in [-0.39, 0.29) is 5.69 Å². The van der Waals surface area contributed by atoms with Gasteiger partial charge < -0.3 is 15.8 Å². The summed E-state index contributed by atoms with van der Waals surface area (Å²) < 4.78 is 5.60. The standard InChI is InChI=1S/C13H12BrN3O2/c1-19-13(18)11-7-6-10(15)12(17-11)16-9-4-2-8(14)3-5-9/h2-7H,15H2,1H3,(H,16,17).